The standard InChI is InChI=1S/C21H19F3N4O2/c22-21(23,24)16-10-8-15(9-11-16)18(29)25-17(14-6-2-1-3-7-14)19-26-27-20(30-19)28-12-4-5-13-28/h1-3,6-11,17H,4-5,12-13H2,(H,25,29)/t17-/m0/s1. The minimum Gasteiger partial charge on any atom is -0.405 e. The molecule has 2 heterocycles. The van der Waals surface area contributed by atoms with Crippen molar-refractivity contribution in [1.29, 1.82) is 0 Å². The zero-order valence-electron chi connectivity index (χ0n) is 15.9. The van der Waals surface area contributed by atoms with Gasteiger partial charge in [0.2, 0.25) is 5.89 Å². The van der Waals surface area contributed by atoms with Gasteiger partial charge in [0, 0.05) is 18.7 Å². The molecule has 1 atom stereocenters. The summed E-state index contributed by atoms with van der Waals surface area (Å²) < 4.78 is 44.1. The number of anilines is 1. The van der Waals surface area contributed by atoms with Gasteiger partial charge in [0.25, 0.3) is 5.91 Å². The van der Waals surface area contributed by atoms with Crippen molar-refractivity contribution in [3.63, 3.8) is 0 Å². The Morgan fingerprint density at radius 2 is 1.67 bits per heavy atom. The Balaban J connectivity index is 1.58. The molecule has 0 unspecified atom stereocenters. The van der Waals surface area contributed by atoms with Crippen molar-refractivity contribution in [3.8, 4) is 0 Å². The molecule has 6 nitrogen and oxygen atoms in total. The van der Waals surface area contributed by atoms with Gasteiger partial charge in [-0.1, -0.05) is 35.4 Å². The summed E-state index contributed by atoms with van der Waals surface area (Å²) in [6.45, 7) is 1.66. The third-order valence-electron chi connectivity index (χ3n) is 4.94. The lowest BCUT2D eigenvalue weighted by molar-refractivity contribution is -0.137. The van der Waals surface area contributed by atoms with E-state index in [1.54, 1.807) is 12.1 Å². The van der Waals surface area contributed by atoms with Crippen LogP contribution in [0, 0.1) is 0 Å². The van der Waals surface area contributed by atoms with Crippen LogP contribution in [-0.2, 0) is 6.18 Å². The van der Waals surface area contributed by atoms with Crippen LogP contribution in [0.15, 0.2) is 59.0 Å². The summed E-state index contributed by atoms with van der Waals surface area (Å²) in [4.78, 5) is 14.7. The van der Waals surface area contributed by atoms with Crippen molar-refractivity contribution in [3.05, 3.63) is 77.2 Å². The highest BCUT2D eigenvalue weighted by Crippen LogP contribution is 2.29. The molecule has 1 fully saturated rings. The number of carbonyl (C=O) groups excluding carboxylic acids is 1. The second-order valence-electron chi connectivity index (χ2n) is 7.01. The minimum atomic E-state index is -4.46. The van der Waals surface area contributed by atoms with Gasteiger partial charge in [0.15, 0.2) is 0 Å². The summed E-state index contributed by atoms with van der Waals surface area (Å²) in [7, 11) is 0. The highest BCUT2D eigenvalue weighted by atomic mass is 19.4. The molecule has 0 aliphatic carbocycles. The topological polar surface area (TPSA) is 71.3 Å². The smallest absolute Gasteiger partial charge is 0.405 e. The first-order valence-corrected chi connectivity index (χ1v) is 9.53. The molecular formula is C21H19F3N4O2. The third kappa shape index (κ3) is 4.29. The van der Waals surface area contributed by atoms with Crippen LogP contribution in [0.25, 0.3) is 0 Å². The van der Waals surface area contributed by atoms with Crippen LogP contribution in [0.5, 0.6) is 0 Å². The molecule has 0 saturated carbocycles. The van der Waals surface area contributed by atoms with Gasteiger partial charge >= 0.3 is 12.2 Å². The number of halogens is 3. The van der Waals surface area contributed by atoms with E-state index in [-0.39, 0.29) is 11.5 Å². The fraction of sp³-hybridized carbons (Fsp3) is 0.286. The average Bonchev–Trinajstić information content (AvgIpc) is 3.44. The zero-order valence-corrected chi connectivity index (χ0v) is 15.9. The molecule has 0 bridgehead atoms. The van der Waals surface area contributed by atoms with Gasteiger partial charge in [-0.05, 0) is 42.7 Å². The Labute approximate surface area is 170 Å². The Hall–Kier alpha value is -3.36. The average molecular weight is 416 g/mol. The van der Waals surface area contributed by atoms with Gasteiger partial charge < -0.3 is 14.6 Å². The first-order valence-electron chi connectivity index (χ1n) is 9.53. The number of carbonyl (C=O) groups is 1. The molecule has 156 valence electrons. The van der Waals surface area contributed by atoms with Crippen molar-refractivity contribution in [2.24, 2.45) is 0 Å². The molecule has 1 aromatic heterocycles. The lowest BCUT2D eigenvalue weighted by Gasteiger charge is -2.16. The summed E-state index contributed by atoms with van der Waals surface area (Å²) >= 11 is 0. The molecule has 30 heavy (non-hydrogen) atoms. The fourth-order valence-corrected chi connectivity index (χ4v) is 3.34. The van der Waals surface area contributed by atoms with E-state index in [2.05, 4.69) is 15.5 Å². The van der Waals surface area contributed by atoms with E-state index >= 15 is 0 Å². The van der Waals surface area contributed by atoms with E-state index in [4.69, 9.17) is 4.42 Å². The molecule has 9 heteroatoms. The number of aromatic nitrogens is 2. The van der Waals surface area contributed by atoms with Gasteiger partial charge in [-0.3, -0.25) is 4.79 Å². The van der Waals surface area contributed by atoms with Gasteiger partial charge in [-0.2, -0.15) is 13.2 Å². The highest BCUT2D eigenvalue weighted by molar-refractivity contribution is 5.94. The molecule has 0 spiro atoms. The second kappa shape index (κ2) is 8.17. The molecule has 0 radical (unpaired) electrons. The second-order valence-corrected chi connectivity index (χ2v) is 7.01. The first kappa shape index (κ1) is 19.9. The van der Waals surface area contributed by atoms with Gasteiger partial charge in [-0.15, -0.1) is 5.10 Å². The largest absolute Gasteiger partial charge is 0.416 e. The van der Waals surface area contributed by atoms with Crippen LogP contribution in [0.2, 0.25) is 0 Å². The molecule has 1 N–H and O–H groups in total. The predicted octanol–water partition coefficient (Wildman–Crippen LogP) is 4.21. The number of alkyl halides is 3. The summed E-state index contributed by atoms with van der Waals surface area (Å²) in [5, 5.41) is 11.0. The summed E-state index contributed by atoms with van der Waals surface area (Å²) in [6.07, 6.45) is -2.37. The molecule has 2 aromatic carbocycles. The van der Waals surface area contributed by atoms with Gasteiger partial charge in [-0.25, -0.2) is 0 Å². The quantitative estimate of drug-likeness (QED) is 0.675. The lowest BCUT2D eigenvalue weighted by Crippen LogP contribution is -2.29. The van der Waals surface area contributed by atoms with Crippen LogP contribution in [-0.4, -0.2) is 29.2 Å². The van der Waals surface area contributed by atoms with Crippen molar-refractivity contribution in [2.45, 2.75) is 25.1 Å². The number of nitrogens with zero attached hydrogens (tertiary/aromatic N) is 3. The summed E-state index contributed by atoms with van der Waals surface area (Å²) in [6, 6.07) is 12.8. The van der Waals surface area contributed by atoms with Crippen molar-refractivity contribution < 1.29 is 22.4 Å². The maximum Gasteiger partial charge on any atom is 0.416 e. The highest BCUT2D eigenvalue weighted by Gasteiger charge is 2.31. The number of nitrogens with one attached hydrogen (secondary N) is 1. The fourth-order valence-electron chi connectivity index (χ4n) is 3.34. The summed E-state index contributed by atoms with van der Waals surface area (Å²) in [5.74, 6) is -0.332. The minimum absolute atomic E-state index is 0.100. The van der Waals surface area contributed by atoms with Gasteiger partial charge in [0.1, 0.15) is 6.04 Å². The van der Waals surface area contributed by atoms with Crippen LogP contribution < -0.4 is 10.2 Å². The van der Waals surface area contributed by atoms with Crippen molar-refractivity contribution in [1.82, 2.24) is 15.5 Å². The first-order chi connectivity index (χ1) is 14.4. The van der Waals surface area contributed by atoms with E-state index in [9.17, 15) is 18.0 Å². The maximum absolute atomic E-state index is 12.8. The van der Waals surface area contributed by atoms with Crippen LogP contribution in [0.3, 0.4) is 0 Å². The maximum atomic E-state index is 12.8. The van der Waals surface area contributed by atoms with E-state index < -0.39 is 23.7 Å². The molecule has 4 rings (SSSR count). The van der Waals surface area contributed by atoms with Crippen molar-refractivity contribution in [2.75, 3.05) is 18.0 Å². The molecule has 1 aliphatic heterocycles. The third-order valence-corrected chi connectivity index (χ3v) is 4.94. The normalized spacial score (nSPS) is 15.2. The van der Waals surface area contributed by atoms with Crippen LogP contribution in [0.1, 0.15) is 46.3 Å². The monoisotopic (exact) mass is 416 g/mol. The number of benzene rings is 2. The Morgan fingerprint density at radius 1 is 1.00 bits per heavy atom. The molecule has 1 saturated heterocycles. The SMILES string of the molecule is O=C(N[C@@H](c1ccccc1)c1nnc(N2CCCC2)o1)c1ccc(C(F)(F)F)cc1. The zero-order chi connectivity index (χ0) is 21.1. The number of amides is 1. The molecule has 1 aliphatic rings. The van der Waals surface area contributed by atoms with Crippen LogP contribution in [0.4, 0.5) is 19.2 Å². The summed E-state index contributed by atoms with van der Waals surface area (Å²) in [5.41, 5.74) is 0.00316. The van der Waals surface area contributed by atoms with Gasteiger partial charge in [0.05, 0.1) is 5.56 Å². The lowest BCUT2D eigenvalue weighted by atomic mass is 10.1. The van der Waals surface area contributed by atoms with E-state index in [0.29, 0.717) is 6.01 Å². The Morgan fingerprint density at radius 3 is 2.30 bits per heavy atom. The molecule has 3 aromatic rings. The number of hydrogen-bond donors (Lipinski definition) is 1. The van der Waals surface area contributed by atoms with E-state index in [1.165, 1.54) is 0 Å². The number of rotatable bonds is 5. The van der Waals surface area contributed by atoms with E-state index in [0.717, 1.165) is 55.8 Å². The number of hydrogen-bond acceptors (Lipinski definition) is 5. The Bertz CT molecular complexity index is 997. The molecular weight excluding hydrogens is 397 g/mol. The van der Waals surface area contributed by atoms with E-state index in [1.807, 2.05) is 23.1 Å². The van der Waals surface area contributed by atoms with Crippen molar-refractivity contribution >= 4 is 11.9 Å². The van der Waals surface area contributed by atoms with Crippen LogP contribution >= 0.6 is 0 Å². The predicted molar refractivity (Wildman–Crippen MR) is 103 cm³/mol. The molecule has 1 amide bonds. The Kier molecular flexibility index (Phi) is 5.43.